The average Bonchev–Trinajstić information content (AvgIpc) is 3.00. The molecule has 0 unspecified atom stereocenters. The highest BCUT2D eigenvalue weighted by molar-refractivity contribution is 5.99. The van der Waals surface area contributed by atoms with Crippen molar-refractivity contribution in [1.29, 1.82) is 0 Å². The fraction of sp³-hybridized carbons (Fsp3) is 0.304. The predicted molar refractivity (Wildman–Crippen MR) is 112 cm³/mol. The van der Waals surface area contributed by atoms with Crippen molar-refractivity contribution < 1.29 is 13.9 Å². The summed E-state index contributed by atoms with van der Waals surface area (Å²) in [5, 5.41) is 0.481. The minimum atomic E-state index is -0.531. The van der Waals surface area contributed by atoms with Crippen LogP contribution >= 0.6 is 0 Å². The van der Waals surface area contributed by atoms with E-state index < -0.39 is 6.04 Å². The zero-order valence-corrected chi connectivity index (χ0v) is 16.8. The Morgan fingerprint density at radius 2 is 1.79 bits per heavy atom. The Bertz CT molecular complexity index is 1120. The summed E-state index contributed by atoms with van der Waals surface area (Å²) < 4.78 is 11.5. The van der Waals surface area contributed by atoms with Crippen LogP contribution in [0.5, 0.6) is 5.75 Å². The van der Waals surface area contributed by atoms with Gasteiger partial charge in [0.15, 0.2) is 5.43 Å². The van der Waals surface area contributed by atoms with Gasteiger partial charge in [-0.25, -0.2) is 0 Å². The summed E-state index contributed by atoms with van der Waals surface area (Å²) in [4.78, 5) is 30.5. The van der Waals surface area contributed by atoms with E-state index in [0.29, 0.717) is 28.8 Å². The number of ether oxygens (including phenoxy) is 1. The van der Waals surface area contributed by atoms with Crippen molar-refractivity contribution in [1.82, 2.24) is 9.80 Å². The Labute approximate surface area is 169 Å². The smallest absolute Gasteiger partial charge is 0.290 e. The molecular formula is C23H24N2O4. The van der Waals surface area contributed by atoms with Crippen molar-refractivity contribution in [3.05, 3.63) is 75.6 Å². The molecule has 4 rings (SSSR count). The lowest BCUT2D eigenvalue weighted by atomic mass is 9.97. The molecule has 6 heteroatoms. The fourth-order valence-electron chi connectivity index (χ4n) is 3.97. The summed E-state index contributed by atoms with van der Waals surface area (Å²) in [6.45, 7) is 1.35. The van der Waals surface area contributed by atoms with Crippen molar-refractivity contribution in [2.45, 2.75) is 12.5 Å². The van der Waals surface area contributed by atoms with E-state index in [1.165, 1.54) is 0 Å². The number of rotatable bonds is 6. The highest BCUT2D eigenvalue weighted by atomic mass is 16.5. The number of carbonyl (C=O) groups is 1. The molecule has 2 aromatic carbocycles. The van der Waals surface area contributed by atoms with Gasteiger partial charge in [0, 0.05) is 12.1 Å². The van der Waals surface area contributed by atoms with Gasteiger partial charge < -0.3 is 19.0 Å². The zero-order valence-electron chi connectivity index (χ0n) is 16.8. The molecule has 1 amide bonds. The first-order valence-corrected chi connectivity index (χ1v) is 9.67. The van der Waals surface area contributed by atoms with Crippen molar-refractivity contribution in [3.63, 3.8) is 0 Å². The van der Waals surface area contributed by atoms with Gasteiger partial charge in [0.1, 0.15) is 11.3 Å². The first kappa shape index (κ1) is 19.2. The second-order valence-corrected chi connectivity index (χ2v) is 7.47. The van der Waals surface area contributed by atoms with Gasteiger partial charge in [0.2, 0.25) is 5.76 Å². The summed E-state index contributed by atoms with van der Waals surface area (Å²) in [6.07, 6.45) is 0.784. The first-order valence-electron chi connectivity index (χ1n) is 9.67. The molecule has 3 aromatic rings. The van der Waals surface area contributed by atoms with Gasteiger partial charge in [-0.05, 0) is 45.3 Å². The van der Waals surface area contributed by atoms with Crippen molar-refractivity contribution in [2.24, 2.45) is 0 Å². The molecule has 0 spiro atoms. The lowest BCUT2D eigenvalue weighted by Crippen LogP contribution is -2.32. The number of hydrogen-bond acceptors (Lipinski definition) is 5. The van der Waals surface area contributed by atoms with E-state index in [9.17, 15) is 9.59 Å². The topological polar surface area (TPSA) is 63.0 Å². The molecule has 29 heavy (non-hydrogen) atoms. The summed E-state index contributed by atoms with van der Waals surface area (Å²) >= 11 is 0. The summed E-state index contributed by atoms with van der Waals surface area (Å²) in [5.41, 5.74) is 1.44. The van der Waals surface area contributed by atoms with E-state index in [4.69, 9.17) is 9.15 Å². The molecule has 0 N–H and O–H groups in total. The highest BCUT2D eigenvalue weighted by Crippen LogP contribution is 2.41. The van der Waals surface area contributed by atoms with Crippen LogP contribution in [0.15, 0.2) is 57.7 Å². The normalized spacial score (nSPS) is 15.9. The molecular weight excluding hydrogens is 368 g/mol. The third-order valence-corrected chi connectivity index (χ3v) is 5.31. The number of benzene rings is 2. The standard InChI is InChI=1S/C23H24N2O4/c1-24(2)13-8-14-25-20(15-9-4-6-11-17(15)28-3)19-21(26)16-10-5-7-12-18(16)29-22(19)23(25)27/h4-7,9-12,20H,8,13-14H2,1-3H3/t20-/m1/s1. The van der Waals surface area contributed by atoms with Gasteiger partial charge in [-0.1, -0.05) is 30.3 Å². The maximum Gasteiger partial charge on any atom is 0.290 e. The Kier molecular flexibility index (Phi) is 5.11. The monoisotopic (exact) mass is 392 g/mol. The minimum Gasteiger partial charge on any atom is -0.496 e. The number of fused-ring (bicyclic) bond motifs is 2. The second kappa shape index (κ2) is 7.72. The maximum atomic E-state index is 13.4. The molecule has 1 aliphatic rings. The summed E-state index contributed by atoms with van der Waals surface area (Å²) in [7, 11) is 5.59. The van der Waals surface area contributed by atoms with Crippen LogP contribution in [0.2, 0.25) is 0 Å². The molecule has 0 bridgehead atoms. The van der Waals surface area contributed by atoms with Gasteiger partial charge in [0.25, 0.3) is 5.91 Å². The van der Waals surface area contributed by atoms with Crippen LogP contribution in [-0.4, -0.2) is 50.0 Å². The van der Waals surface area contributed by atoms with E-state index in [2.05, 4.69) is 4.90 Å². The number of amides is 1. The van der Waals surface area contributed by atoms with Gasteiger partial charge in [0.05, 0.1) is 24.1 Å². The first-order chi connectivity index (χ1) is 14.0. The number of nitrogens with zero attached hydrogens (tertiary/aromatic N) is 2. The number of methoxy groups -OCH3 is 1. The number of hydrogen-bond donors (Lipinski definition) is 0. The Morgan fingerprint density at radius 1 is 1.07 bits per heavy atom. The molecule has 0 fully saturated rings. The second-order valence-electron chi connectivity index (χ2n) is 7.47. The molecule has 150 valence electrons. The number of para-hydroxylation sites is 2. The van der Waals surface area contributed by atoms with Crippen LogP contribution in [0.25, 0.3) is 11.0 Å². The average molecular weight is 392 g/mol. The third kappa shape index (κ3) is 3.29. The maximum absolute atomic E-state index is 13.4. The lowest BCUT2D eigenvalue weighted by molar-refractivity contribution is 0.0721. The Balaban J connectivity index is 1.90. The fourth-order valence-corrected chi connectivity index (χ4v) is 3.97. The molecule has 1 aliphatic heterocycles. The lowest BCUT2D eigenvalue weighted by Gasteiger charge is -2.26. The van der Waals surface area contributed by atoms with Gasteiger partial charge in [-0.15, -0.1) is 0 Å². The van der Waals surface area contributed by atoms with Crippen LogP contribution in [0, 0.1) is 0 Å². The van der Waals surface area contributed by atoms with Gasteiger partial charge in [-0.3, -0.25) is 9.59 Å². The molecule has 6 nitrogen and oxygen atoms in total. The Morgan fingerprint density at radius 3 is 2.55 bits per heavy atom. The molecule has 0 saturated carbocycles. The Hall–Kier alpha value is -3.12. The molecule has 1 atom stereocenters. The minimum absolute atomic E-state index is 0.134. The van der Waals surface area contributed by atoms with E-state index in [-0.39, 0.29) is 17.1 Å². The quantitative estimate of drug-likeness (QED) is 0.644. The summed E-state index contributed by atoms with van der Waals surface area (Å²) in [6, 6.07) is 14.0. The van der Waals surface area contributed by atoms with E-state index >= 15 is 0 Å². The molecule has 0 saturated heterocycles. The van der Waals surface area contributed by atoms with Crippen molar-refractivity contribution in [3.8, 4) is 5.75 Å². The number of carbonyl (C=O) groups excluding carboxylic acids is 1. The van der Waals surface area contributed by atoms with Gasteiger partial charge >= 0.3 is 0 Å². The molecule has 1 aromatic heterocycles. The zero-order chi connectivity index (χ0) is 20.5. The molecule has 0 radical (unpaired) electrons. The highest BCUT2D eigenvalue weighted by Gasteiger charge is 2.43. The third-order valence-electron chi connectivity index (χ3n) is 5.31. The largest absolute Gasteiger partial charge is 0.496 e. The van der Waals surface area contributed by atoms with Crippen LogP contribution < -0.4 is 10.2 Å². The van der Waals surface area contributed by atoms with Crippen LogP contribution in [0.1, 0.15) is 34.1 Å². The van der Waals surface area contributed by atoms with Crippen molar-refractivity contribution in [2.75, 3.05) is 34.3 Å². The van der Waals surface area contributed by atoms with Crippen LogP contribution in [0.4, 0.5) is 0 Å². The van der Waals surface area contributed by atoms with Crippen molar-refractivity contribution >= 4 is 16.9 Å². The summed E-state index contributed by atoms with van der Waals surface area (Å²) in [5.74, 6) is 0.523. The van der Waals surface area contributed by atoms with Gasteiger partial charge in [-0.2, -0.15) is 0 Å². The predicted octanol–water partition coefficient (Wildman–Crippen LogP) is 3.30. The molecule has 0 aliphatic carbocycles. The van der Waals surface area contributed by atoms with Crippen LogP contribution in [0.3, 0.4) is 0 Å². The SMILES string of the molecule is COc1ccccc1[C@@H]1c2c(oc3ccccc3c2=O)C(=O)N1CCCN(C)C. The van der Waals surface area contributed by atoms with E-state index in [1.54, 1.807) is 36.3 Å². The van der Waals surface area contributed by atoms with E-state index in [1.807, 2.05) is 38.4 Å². The van der Waals surface area contributed by atoms with E-state index in [0.717, 1.165) is 18.5 Å². The van der Waals surface area contributed by atoms with Crippen LogP contribution in [-0.2, 0) is 0 Å². The molecule has 2 heterocycles.